The maximum atomic E-state index is 13.1. The zero-order valence-corrected chi connectivity index (χ0v) is 20.3. The van der Waals surface area contributed by atoms with Gasteiger partial charge in [0.2, 0.25) is 5.88 Å². The number of hydrogen-bond acceptors (Lipinski definition) is 7. The zero-order valence-electron chi connectivity index (χ0n) is 20.3. The van der Waals surface area contributed by atoms with Gasteiger partial charge in [-0.3, -0.25) is 4.79 Å². The summed E-state index contributed by atoms with van der Waals surface area (Å²) in [6.45, 7) is 0.227. The molecule has 0 amide bonds. The van der Waals surface area contributed by atoms with E-state index in [1.54, 1.807) is 0 Å². The van der Waals surface area contributed by atoms with Crippen molar-refractivity contribution in [1.29, 1.82) is 0 Å². The van der Waals surface area contributed by atoms with E-state index in [0.717, 1.165) is 16.7 Å². The lowest BCUT2D eigenvalue weighted by atomic mass is 9.80. The predicted molar refractivity (Wildman–Crippen MR) is 137 cm³/mol. The van der Waals surface area contributed by atoms with Crippen molar-refractivity contribution in [3.8, 4) is 11.9 Å². The summed E-state index contributed by atoms with van der Waals surface area (Å²) in [5.74, 6) is -0.118. The minimum atomic E-state index is -0.881. The summed E-state index contributed by atoms with van der Waals surface area (Å²) >= 11 is 0. The van der Waals surface area contributed by atoms with Crippen molar-refractivity contribution in [3.63, 3.8) is 0 Å². The lowest BCUT2D eigenvalue weighted by Crippen LogP contribution is -2.37. The molecule has 36 heavy (non-hydrogen) atoms. The first-order valence-electron chi connectivity index (χ1n) is 11.7. The first kappa shape index (κ1) is 25.0. The Morgan fingerprint density at radius 1 is 0.806 bits per heavy atom. The van der Waals surface area contributed by atoms with Crippen LogP contribution in [-0.4, -0.2) is 42.6 Å². The SMILES string of the molecule is COc1cc(C(=O)[C@H](N)CCOC(c2ccccc2)(c2ccccc2)c2ccccc2)nc(OC)n1. The molecule has 0 saturated carbocycles. The van der Waals surface area contributed by atoms with Crippen LogP contribution in [0, 0.1) is 0 Å². The summed E-state index contributed by atoms with van der Waals surface area (Å²) in [6.07, 6.45) is 0.279. The number of rotatable bonds is 11. The number of hydrogen-bond donors (Lipinski definition) is 1. The number of benzene rings is 3. The van der Waals surface area contributed by atoms with Gasteiger partial charge in [-0.15, -0.1) is 0 Å². The van der Waals surface area contributed by atoms with E-state index in [1.807, 2.05) is 91.0 Å². The third-order valence-corrected chi connectivity index (χ3v) is 5.95. The van der Waals surface area contributed by atoms with Crippen molar-refractivity contribution < 1.29 is 19.0 Å². The molecule has 4 rings (SSSR count). The van der Waals surface area contributed by atoms with Crippen LogP contribution in [-0.2, 0) is 10.3 Å². The number of nitrogens with two attached hydrogens (primary N) is 1. The van der Waals surface area contributed by atoms with E-state index in [0.29, 0.717) is 0 Å². The number of methoxy groups -OCH3 is 2. The first-order valence-corrected chi connectivity index (χ1v) is 11.7. The van der Waals surface area contributed by atoms with Crippen LogP contribution in [0.15, 0.2) is 97.1 Å². The summed E-state index contributed by atoms with van der Waals surface area (Å²) < 4.78 is 17.0. The molecular weight excluding hydrogens is 454 g/mol. The van der Waals surface area contributed by atoms with E-state index in [-0.39, 0.29) is 36.4 Å². The average Bonchev–Trinajstić information content (AvgIpc) is 2.96. The normalized spacial score (nSPS) is 12.1. The molecule has 0 bridgehead atoms. The van der Waals surface area contributed by atoms with Crippen molar-refractivity contribution >= 4 is 5.78 Å². The molecule has 1 atom stereocenters. The second kappa shape index (κ2) is 11.6. The molecular formula is C29H29N3O4. The molecule has 0 spiro atoms. The van der Waals surface area contributed by atoms with Crippen molar-refractivity contribution in [2.45, 2.75) is 18.1 Å². The molecule has 1 aromatic heterocycles. The molecule has 0 aliphatic carbocycles. The van der Waals surface area contributed by atoms with E-state index in [9.17, 15) is 4.79 Å². The highest BCUT2D eigenvalue weighted by Gasteiger charge is 2.37. The van der Waals surface area contributed by atoms with Crippen LogP contribution in [0.5, 0.6) is 11.9 Å². The van der Waals surface area contributed by atoms with E-state index < -0.39 is 11.6 Å². The summed E-state index contributed by atoms with van der Waals surface area (Å²) in [5, 5.41) is 0. The fourth-order valence-electron chi connectivity index (χ4n) is 4.15. The number of Topliss-reactive ketones (excluding diaryl/α,β-unsaturated/α-hetero) is 1. The fraction of sp³-hybridized carbons (Fsp3) is 0.207. The Morgan fingerprint density at radius 2 is 1.31 bits per heavy atom. The molecule has 0 fully saturated rings. The van der Waals surface area contributed by atoms with E-state index >= 15 is 0 Å². The number of ketones is 1. The second-order valence-corrected chi connectivity index (χ2v) is 8.17. The quantitative estimate of drug-likeness (QED) is 0.249. The maximum Gasteiger partial charge on any atom is 0.320 e. The summed E-state index contributed by atoms with van der Waals surface area (Å²) in [4.78, 5) is 21.2. The van der Waals surface area contributed by atoms with Gasteiger partial charge in [-0.25, -0.2) is 0 Å². The van der Waals surface area contributed by atoms with Gasteiger partial charge >= 0.3 is 6.01 Å². The van der Waals surface area contributed by atoms with Gasteiger partial charge in [-0.1, -0.05) is 91.0 Å². The van der Waals surface area contributed by atoms with Crippen molar-refractivity contribution in [1.82, 2.24) is 9.97 Å². The topological polar surface area (TPSA) is 96.6 Å². The van der Waals surface area contributed by atoms with Gasteiger partial charge in [-0.05, 0) is 23.1 Å². The first-order chi connectivity index (χ1) is 17.6. The number of ether oxygens (including phenoxy) is 3. The molecule has 0 aliphatic heterocycles. The van der Waals surface area contributed by atoms with Crippen molar-refractivity contribution in [2.75, 3.05) is 20.8 Å². The second-order valence-electron chi connectivity index (χ2n) is 8.17. The third kappa shape index (κ3) is 5.27. The minimum absolute atomic E-state index is 0.0393. The molecule has 0 aliphatic rings. The Balaban J connectivity index is 1.63. The van der Waals surface area contributed by atoms with Gasteiger partial charge in [0, 0.05) is 6.07 Å². The lowest BCUT2D eigenvalue weighted by Gasteiger charge is -2.36. The Hall–Kier alpha value is -4.07. The standard InChI is InChI=1S/C29H29N3O4/c1-34-26-20-25(31-28(32-26)35-2)27(33)24(30)18-19-36-29(21-12-6-3-7-13-21,22-14-8-4-9-15-22)23-16-10-5-11-17-23/h3-17,20,24H,18-19,30H2,1-2H3/t24-/m1/s1. The molecule has 0 radical (unpaired) electrons. The monoisotopic (exact) mass is 483 g/mol. The van der Waals surface area contributed by atoms with Gasteiger partial charge in [-0.2, -0.15) is 9.97 Å². The minimum Gasteiger partial charge on any atom is -0.481 e. The van der Waals surface area contributed by atoms with Crippen LogP contribution in [0.1, 0.15) is 33.6 Å². The summed E-state index contributed by atoms with van der Waals surface area (Å²) in [5.41, 5.74) is 8.49. The van der Waals surface area contributed by atoms with Crippen molar-refractivity contribution in [3.05, 3.63) is 119 Å². The van der Waals surface area contributed by atoms with Gasteiger partial charge < -0.3 is 19.9 Å². The van der Waals surface area contributed by atoms with Gasteiger partial charge in [0.15, 0.2) is 5.78 Å². The molecule has 7 heteroatoms. The van der Waals surface area contributed by atoms with Crippen LogP contribution in [0.3, 0.4) is 0 Å². The largest absolute Gasteiger partial charge is 0.481 e. The summed E-state index contributed by atoms with van der Waals surface area (Å²) in [6, 6.07) is 30.8. The third-order valence-electron chi connectivity index (χ3n) is 5.95. The smallest absolute Gasteiger partial charge is 0.320 e. The highest BCUT2D eigenvalue weighted by molar-refractivity contribution is 5.98. The summed E-state index contributed by atoms with van der Waals surface area (Å²) in [7, 11) is 2.88. The number of nitrogens with zero attached hydrogens (tertiary/aromatic N) is 2. The molecule has 0 saturated heterocycles. The van der Waals surface area contributed by atoms with Crippen LogP contribution in [0.25, 0.3) is 0 Å². The van der Waals surface area contributed by atoms with Gasteiger partial charge in [0.1, 0.15) is 11.3 Å². The molecule has 184 valence electrons. The predicted octanol–water partition coefficient (Wildman–Crippen LogP) is 4.40. The molecule has 7 nitrogen and oxygen atoms in total. The number of aromatic nitrogens is 2. The maximum absolute atomic E-state index is 13.1. The molecule has 3 aromatic carbocycles. The molecule has 1 heterocycles. The number of carbonyl (C=O) groups excluding carboxylic acids is 1. The van der Waals surface area contributed by atoms with E-state index in [1.165, 1.54) is 20.3 Å². The molecule has 2 N–H and O–H groups in total. The number of carbonyl (C=O) groups is 1. The van der Waals surface area contributed by atoms with Crippen molar-refractivity contribution in [2.24, 2.45) is 5.73 Å². The average molecular weight is 484 g/mol. The molecule has 0 unspecified atom stereocenters. The Morgan fingerprint density at radius 3 is 1.75 bits per heavy atom. The van der Waals surface area contributed by atoms with Gasteiger partial charge in [0.25, 0.3) is 0 Å². The molecule has 4 aromatic rings. The van der Waals surface area contributed by atoms with E-state index in [4.69, 9.17) is 19.9 Å². The highest BCUT2D eigenvalue weighted by Crippen LogP contribution is 2.40. The Labute approximate surface area is 210 Å². The van der Waals surface area contributed by atoms with Crippen LogP contribution in [0.2, 0.25) is 0 Å². The zero-order chi connectivity index (χ0) is 25.4. The van der Waals surface area contributed by atoms with Crippen LogP contribution in [0.4, 0.5) is 0 Å². The highest BCUT2D eigenvalue weighted by atomic mass is 16.5. The van der Waals surface area contributed by atoms with Gasteiger partial charge in [0.05, 0.1) is 26.9 Å². The Kier molecular flexibility index (Phi) is 8.05. The van der Waals surface area contributed by atoms with E-state index in [2.05, 4.69) is 9.97 Å². The van der Waals surface area contributed by atoms with Crippen LogP contribution >= 0.6 is 0 Å². The lowest BCUT2D eigenvalue weighted by molar-refractivity contribution is 0.00941. The Bertz CT molecular complexity index is 1150. The van der Waals surface area contributed by atoms with Crippen LogP contribution < -0.4 is 15.2 Å². The fourth-order valence-corrected chi connectivity index (χ4v) is 4.15.